The van der Waals surface area contributed by atoms with Gasteiger partial charge in [0.1, 0.15) is 5.75 Å². The van der Waals surface area contributed by atoms with Gasteiger partial charge >= 0.3 is 0 Å². The summed E-state index contributed by atoms with van der Waals surface area (Å²) < 4.78 is 5.08. The molecule has 0 bridgehead atoms. The van der Waals surface area contributed by atoms with E-state index < -0.39 is 0 Å². The molecule has 0 unspecified atom stereocenters. The van der Waals surface area contributed by atoms with Crippen molar-refractivity contribution in [3.05, 3.63) is 52.5 Å². The van der Waals surface area contributed by atoms with Crippen LogP contribution in [0.5, 0.6) is 5.75 Å². The molecule has 0 heterocycles. The van der Waals surface area contributed by atoms with E-state index in [0.29, 0.717) is 5.02 Å². The monoisotopic (exact) mass is 318 g/mol. The SMILES string of the molecule is COc1ccc(NC(=O)CNc2c(C)cc(C)cc2Cl)cc1. The summed E-state index contributed by atoms with van der Waals surface area (Å²) in [5, 5.41) is 6.52. The van der Waals surface area contributed by atoms with Gasteiger partial charge in [-0.3, -0.25) is 4.79 Å². The third-order valence-corrected chi connectivity index (χ3v) is 3.53. The fourth-order valence-electron chi connectivity index (χ4n) is 2.19. The molecule has 0 aliphatic carbocycles. The number of methoxy groups -OCH3 is 1. The smallest absolute Gasteiger partial charge is 0.243 e. The van der Waals surface area contributed by atoms with Crippen LogP contribution in [0.2, 0.25) is 5.02 Å². The molecule has 0 atom stereocenters. The molecule has 1 amide bonds. The van der Waals surface area contributed by atoms with Gasteiger partial charge in [0, 0.05) is 5.69 Å². The van der Waals surface area contributed by atoms with Crippen LogP contribution in [0.15, 0.2) is 36.4 Å². The van der Waals surface area contributed by atoms with Crippen LogP contribution in [-0.2, 0) is 4.79 Å². The maximum Gasteiger partial charge on any atom is 0.243 e. The highest BCUT2D eigenvalue weighted by molar-refractivity contribution is 6.33. The molecule has 0 radical (unpaired) electrons. The predicted octanol–water partition coefficient (Wildman–Crippen LogP) is 4.02. The van der Waals surface area contributed by atoms with Crippen molar-refractivity contribution >= 4 is 28.9 Å². The van der Waals surface area contributed by atoms with Gasteiger partial charge in [0.25, 0.3) is 0 Å². The van der Waals surface area contributed by atoms with Crippen molar-refractivity contribution in [3.63, 3.8) is 0 Å². The number of carbonyl (C=O) groups is 1. The van der Waals surface area contributed by atoms with Gasteiger partial charge in [-0.1, -0.05) is 17.7 Å². The van der Waals surface area contributed by atoms with E-state index in [1.807, 2.05) is 26.0 Å². The maximum atomic E-state index is 12.0. The third-order valence-electron chi connectivity index (χ3n) is 3.23. The minimum Gasteiger partial charge on any atom is -0.497 e. The number of aryl methyl sites for hydroxylation is 2. The maximum absolute atomic E-state index is 12.0. The van der Waals surface area contributed by atoms with Crippen LogP contribution >= 0.6 is 11.6 Å². The Kier molecular flexibility index (Phi) is 5.28. The molecule has 2 aromatic carbocycles. The highest BCUT2D eigenvalue weighted by atomic mass is 35.5. The lowest BCUT2D eigenvalue weighted by atomic mass is 10.1. The summed E-state index contributed by atoms with van der Waals surface area (Å²) in [6.07, 6.45) is 0. The second-order valence-electron chi connectivity index (χ2n) is 5.07. The Labute approximate surface area is 135 Å². The van der Waals surface area contributed by atoms with Gasteiger partial charge in [-0.05, 0) is 55.3 Å². The number of ether oxygens (including phenoxy) is 1. The summed E-state index contributed by atoms with van der Waals surface area (Å²) in [4.78, 5) is 12.0. The fraction of sp³-hybridized carbons (Fsp3) is 0.235. The predicted molar refractivity (Wildman–Crippen MR) is 91.0 cm³/mol. The van der Waals surface area contributed by atoms with E-state index in [-0.39, 0.29) is 12.5 Å². The van der Waals surface area contributed by atoms with Gasteiger partial charge in [0.15, 0.2) is 0 Å². The lowest BCUT2D eigenvalue weighted by Crippen LogP contribution is -2.22. The molecule has 2 N–H and O–H groups in total. The van der Waals surface area contributed by atoms with Crippen molar-refractivity contribution in [2.45, 2.75) is 13.8 Å². The molecule has 2 rings (SSSR count). The number of hydrogen-bond acceptors (Lipinski definition) is 3. The summed E-state index contributed by atoms with van der Waals surface area (Å²) in [7, 11) is 1.60. The van der Waals surface area contributed by atoms with Crippen LogP contribution in [0.3, 0.4) is 0 Å². The quantitative estimate of drug-likeness (QED) is 0.875. The molecule has 0 saturated heterocycles. The van der Waals surface area contributed by atoms with Crippen LogP contribution in [0, 0.1) is 13.8 Å². The van der Waals surface area contributed by atoms with Crippen molar-refractivity contribution in [3.8, 4) is 5.75 Å². The topological polar surface area (TPSA) is 50.4 Å². The molecule has 5 heteroatoms. The van der Waals surface area contributed by atoms with E-state index in [1.165, 1.54) is 0 Å². The van der Waals surface area contributed by atoms with Gasteiger partial charge in [-0.15, -0.1) is 0 Å². The highest BCUT2D eigenvalue weighted by Crippen LogP contribution is 2.27. The van der Waals surface area contributed by atoms with Crippen molar-refractivity contribution in [2.75, 3.05) is 24.3 Å². The number of halogens is 1. The van der Waals surface area contributed by atoms with Gasteiger partial charge in [-0.2, -0.15) is 0 Å². The molecule has 22 heavy (non-hydrogen) atoms. The Hall–Kier alpha value is -2.20. The summed E-state index contributed by atoms with van der Waals surface area (Å²) in [5.74, 6) is 0.611. The van der Waals surface area contributed by atoms with E-state index in [2.05, 4.69) is 10.6 Å². The van der Waals surface area contributed by atoms with Gasteiger partial charge in [0.2, 0.25) is 5.91 Å². The van der Waals surface area contributed by atoms with E-state index in [4.69, 9.17) is 16.3 Å². The second kappa shape index (κ2) is 7.18. The third kappa shape index (κ3) is 4.15. The van der Waals surface area contributed by atoms with Gasteiger partial charge in [-0.25, -0.2) is 0 Å². The average Bonchev–Trinajstić information content (AvgIpc) is 2.47. The summed E-state index contributed by atoms with van der Waals surface area (Å²) in [6, 6.07) is 11.1. The summed E-state index contributed by atoms with van der Waals surface area (Å²) in [6.45, 7) is 4.09. The summed E-state index contributed by atoms with van der Waals surface area (Å²) >= 11 is 6.20. The molecule has 0 aromatic heterocycles. The van der Waals surface area contributed by atoms with Crippen LogP contribution in [0.4, 0.5) is 11.4 Å². The molecule has 116 valence electrons. The van der Waals surface area contributed by atoms with Crippen molar-refractivity contribution in [2.24, 2.45) is 0 Å². The Bertz CT molecular complexity index is 646. The Morgan fingerprint density at radius 2 is 1.86 bits per heavy atom. The first-order valence-electron chi connectivity index (χ1n) is 6.94. The van der Waals surface area contributed by atoms with E-state index in [1.54, 1.807) is 31.4 Å². The van der Waals surface area contributed by atoms with E-state index in [0.717, 1.165) is 28.3 Å². The summed E-state index contributed by atoms with van der Waals surface area (Å²) in [5.41, 5.74) is 3.62. The second-order valence-corrected chi connectivity index (χ2v) is 5.48. The van der Waals surface area contributed by atoms with Crippen LogP contribution < -0.4 is 15.4 Å². The molecule has 0 aliphatic rings. The zero-order chi connectivity index (χ0) is 16.1. The first kappa shape index (κ1) is 16.2. The number of amides is 1. The first-order chi connectivity index (χ1) is 10.5. The number of hydrogen-bond donors (Lipinski definition) is 2. The number of anilines is 2. The lowest BCUT2D eigenvalue weighted by Gasteiger charge is -2.13. The normalized spacial score (nSPS) is 10.2. The molecule has 0 aliphatic heterocycles. The van der Waals surface area contributed by atoms with Crippen molar-refractivity contribution in [1.29, 1.82) is 0 Å². The van der Waals surface area contributed by atoms with Gasteiger partial charge in [0.05, 0.1) is 24.4 Å². The number of nitrogens with one attached hydrogen (secondary N) is 2. The van der Waals surface area contributed by atoms with Crippen LogP contribution in [0.1, 0.15) is 11.1 Å². The van der Waals surface area contributed by atoms with Crippen molar-refractivity contribution < 1.29 is 9.53 Å². The zero-order valence-corrected chi connectivity index (χ0v) is 13.6. The van der Waals surface area contributed by atoms with Gasteiger partial charge < -0.3 is 15.4 Å². The molecule has 0 fully saturated rings. The van der Waals surface area contributed by atoms with Crippen LogP contribution in [-0.4, -0.2) is 19.6 Å². The number of benzene rings is 2. The minimum atomic E-state index is -0.138. The zero-order valence-electron chi connectivity index (χ0n) is 12.9. The molecular formula is C17H19ClN2O2. The largest absolute Gasteiger partial charge is 0.497 e. The number of carbonyl (C=O) groups excluding carboxylic acids is 1. The molecule has 2 aromatic rings. The molecule has 0 saturated carbocycles. The standard InChI is InChI=1S/C17H19ClN2O2/c1-11-8-12(2)17(15(18)9-11)19-10-16(21)20-13-4-6-14(22-3)7-5-13/h4-9,19H,10H2,1-3H3,(H,20,21). The minimum absolute atomic E-state index is 0.138. The molecular weight excluding hydrogens is 300 g/mol. The number of rotatable bonds is 5. The Morgan fingerprint density at radius 1 is 1.18 bits per heavy atom. The van der Waals surface area contributed by atoms with E-state index >= 15 is 0 Å². The van der Waals surface area contributed by atoms with Crippen molar-refractivity contribution in [1.82, 2.24) is 0 Å². The fourth-order valence-corrected chi connectivity index (χ4v) is 2.58. The highest BCUT2D eigenvalue weighted by Gasteiger charge is 2.08. The lowest BCUT2D eigenvalue weighted by molar-refractivity contribution is -0.114. The Balaban J connectivity index is 1.95. The average molecular weight is 319 g/mol. The molecule has 0 spiro atoms. The van der Waals surface area contributed by atoms with E-state index in [9.17, 15) is 4.79 Å². The first-order valence-corrected chi connectivity index (χ1v) is 7.32. The molecule has 4 nitrogen and oxygen atoms in total. The Morgan fingerprint density at radius 3 is 2.45 bits per heavy atom. The van der Waals surface area contributed by atoms with Crippen LogP contribution in [0.25, 0.3) is 0 Å².